The Kier molecular flexibility index (Phi) is 6.98. The highest BCUT2D eigenvalue weighted by Crippen LogP contribution is 2.22. The Morgan fingerprint density at radius 1 is 0.893 bits per heavy atom. The fourth-order valence-corrected chi connectivity index (χ4v) is 3.73. The predicted octanol–water partition coefficient (Wildman–Crippen LogP) is 4.95. The number of hydrogen-bond donors (Lipinski definition) is 0. The molecule has 0 atom stereocenters. The number of nitrogens with zero attached hydrogens (tertiary/aromatic N) is 1. The van der Waals surface area contributed by atoms with Crippen LogP contribution in [-0.4, -0.2) is 23.7 Å². The second-order valence-corrected chi connectivity index (χ2v) is 7.46. The van der Waals surface area contributed by atoms with Gasteiger partial charge in [-0.3, -0.25) is 9.59 Å². The molecule has 5 heteroatoms. The molecular weight excluding hydrogens is 370 g/mol. The molecule has 0 radical (unpaired) electrons. The molecule has 0 aliphatic heterocycles. The number of thiophene rings is 1. The summed E-state index contributed by atoms with van der Waals surface area (Å²) < 4.78 is 5.43. The summed E-state index contributed by atoms with van der Waals surface area (Å²) in [5.41, 5.74) is 1.59. The molecule has 28 heavy (non-hydrogen) atoms. The first-order chi connectivity index (χ1) is 13.7. The second-order valence-electron chi connectivity index (χ2n) is 6.43. The lowest BCUT2D eigenvalue weighted by atomic mass is 10.1. The van der Waals surface area contributed by atoms with Crippen LogP contribution in [0.25, 0.3) is 0 Å². The van der Waals surface area contributed by atoms with Crippen molar-refractivity contribution >= 4 is 23.0 Å². The van der Waals surface area contributed by atoms with Gasteiger partial charge in [-0.1, -0.05) is 54.6 Å². The zero-order chi connectivity index (χ0) is 19.8. The first kappa shape index (κ1) is 19.8. The number of para-hydroxylation sites is 1. The maximum Gasteiger partial charge on any atom is 0.223 e. The summed E-state index contributed by atoms with van der Waals surface area (Å²) in [4.78, 5) is 28.2. The summed E-state index contributed by atoms with van der Waals surface area (Å²) >= 11 is 1.62. The van der Waals surface area contributed by atoms with Crippen molar-refractivity contribution in [3.05, 3.63) is 88.1 Å². The lowest BCUT2D eigenvalue weighted by Gasteiger charge is -2.23. The van der Waals surface area contributed by atoms with Gasteiger partial charge >= 0.3 is 0 Å². The van der Waals surface area contributed by atoms with Gasteiger partial charge in [0.05, 0.1) is 13.7 Å². The van der Waals surface area contributed by atoms with E-state index in [1.54, 1.807) is 35.5 Å². The van der Waals surface area contributed by atoms with Crippen molar-refractivity contribution in [2.45, 2.75) is 25.9 Å². The van der Waals surface area contributed by atoms with Crippen LogP contribution < -0.4 is 4.74 Å². The van der Waals surface area contributed by atoms with Crippen molar-refractivity contribution in [1.82, 2.24) is 4.90 Å². The standard InChI is InChI=1S/C23H23NO3S/c1-27-22-12-6-5-10-19(22)16-24(17-20-11-7-15-28-20)23(26)14-13-21(25)18-8-3-2-4-9-18/h2-12,15H,13-14,16-17H2,1H3. The van der Waals surface area contributed by atoms with Crippen LogP contribution in [0.2, 0.25) is 0 Å². The number of benzene rings is 2. The Labute approximate surface area is 169 Å². The zero-order valence-corrected chi connectivity index (χ0v) is 16.7. The molecule has 144 valence electrons. The number of ketones is 1. The Bertz CT molecular complexity index is 907. The van der Waals surface area contributed by atoms with Gasteiger partial charge < -0.3 is 9.64 Å². The van der Waals surface area contributed by atoms with Crippen molar-refractivity contribution in [2.75, 3.05) is 7.11 Å². The third-order valence-corrected chi connectivity index (χ3v) is 5.36. The molecule has 0 N–H and O–H groups in total. The van der Waals surface area contributed by atoms with Crippen molar-refractivity contribution in [2.24, 2.45) is 0 Å². The van der Waals surface area contributed by atoms with E-state index in [9.17, 15) is 9.59 Å². The fraction of sp³-hybridized carbons (Fsp3) is 0.217. The van der Waals surface area contributed by atoms with E-state index < -0.39 is 0 Å². The highest BCUT2D eigenvalue weighted by Gasteiger charge is 2.18. The highest BCUT2D eigenvalue weighted by molar-refractivity contribution is 7.09. The molecule has 0 spiro atoms. The van der Waals surface area contributed by atoms with Crippen LogP contribution in [0.1, 0.15) is 33.6 Å². The van der Waals surface area contributed by atoms with Crippen molar-refractivity contribution in [1.29, 1.82) is 0 Å². The van der Waals surface area contributed by atoms with E-state index >= 15 is 0 Å². The van der Waals surface area contributed by atoms with Crippen LogP contribution in [-0.2, 0) is 17.9 Å². The van der Waals surface area contributed by atoms with Crippen LogP contribution in [0, 0.1) is 0 Å². The lowest BCUT2D eigenvalue weighted by molar-refractivity contribution is -0.132. The number of methoxy groups -OCH3 is 1. The molecule has 1 heterocycles. The SMILES string of the molecule is COc1ccccc1CN(Cc1cccs1)C(=O)CCC(=O)c1ccccc1. The molecule has 0 aliphatic carbocycles. The summed E-state index contributed by atoms with van der Waals surface area (Å²) in [6, 6.07) is 20.8. The quantitative estimate of drug-likeness (QED) is 0.483. The molecular formula is C23H23NO3S. The third kappa shape index (κ3) is 5.30. The molecule has 0 saturated carbocycles. The van der Waals surface area contributed by atoms with Gasteiger partial charge in [-0.05, 0) is 17.5 Å². The van der Waals surface area contributed by atoms with E-state index in [0.717, 1.165) is 16.2 Å². The average Bonchev–Trinajstić information content (AvgIpc) is 3.25. The first-order valence-electron chi connectivity index (χ1n) is 9.17. The van der Waals surface area contributed by atoms with E-state index in [0.29, 0.717) is 18.7 Å². The number of carbonyl (C=O) groups excluding carboxylic acids is 2. The Balaban J connectivity index is 1.70. The van der Waals surface area contributed by atoms with Gasteiger partial charge in [0, 0.05) is 35.4 Å². The van der Waals surface area contributed by atoms with Crippen LogP contribution in [0.3, 0.4) is 0 Å². The molecule has 0 unspecified atom stereocenters. The van der Waals surface area contributed by atoms with Gasteiger partial charge in [0.1, 0.15) is 5.75 Å². The summed E-state index contributed by atoms with van der Waals surface area (Å²) in [7, 11) is 1.63. The van der Waals surface area contributed by atoms with Crippen LogP contribution >= 0.6 is 11.3 Å². The van der Waals surface area contributed by atoms with Crippen LogP contribution in [0.5, 0.6) is 5.75 Å². The van der Waals surface area contributed by atoms with Gasteiger partial charge in [0.25, 0.3) is 0 Å². The maximum absolute atomic E-state index is 12.9. The minimum atomic E-state index is -0.0383. The molecule has 1 aromatic heterocycles. The van der Waals surface area contributed by atoms with Gasteiger partial charge in [-0.15, -0.1) is 11.3 Å². The van der Waals surface area contributed by atoms with E-state index in [1.165, 1.54) is 0 Å². The summed E-state index contributed by atoms with van der Waals surface area (Å²) in [6.07, 6.45) is 0.393. The topological polar surface area (TPSA) is 46.6 Å². The minimum Gasteiger partial charge on any atom is -0.496 e. The Morgan fingerprint density at radius 3 is 2.36 bits per heavy atom. The van der Waals surface area contributed by atoms with Gasteiger partial charge in [-0.2, -0.15) is 0 Å². The molecule has 3 rings (SSSR count). The van der Waals surface area contributed by atoms with E-state index in [2.05, 4.69) is 0 Å². The normalized spacial score (nSPS) is 10.5. The molecule has 4 nitrogen and oxygen atoms in total. The summed E-state index contributed by atoms with van der Waals surface area (Å²) in [5.74, 6) is 0.706. The summed E-state index contributed by atoms with van der Waals surface area (Å²) in [5, 5.41) is 2.00. The number of amides is 1. The monoisotopic (exact) mass is 393 g/mol. The molecule has 0 fully saturated rings. The Morgan fingerprint density at radius 2 is 1.64 bits per heavy atom. The number of carbonyl (C=O) groups is 2. The average molecular weight is 394 g/mol. The molecule has 3 aromatic rings. The fourth-order valence-electron chi connectivity index (χ4n) is 3.01. The maximum atomic E-state index is 12.9. The molecule has 0 aliphatic rings. The smallest absolute Gasteiger partial charge is 0.223 e. The second kappa shape index (κ2) is 9.85. The highest BCUT2D eigenvalue weighted by atomic mass is 32.1. The summed E-state index contributed by atoms with van der Waals surface area (Å²) in [6.45, 7) is 0.967. The minimum absolute atomic E-state index is 0.0117. The molecule has 0 saturated heterocycles. The molecule has 2 aromatic carbocycles. The molecule has 0 bridgehead atoms. The van der Waals surface area contributed by atoms with Gasteiger partial charge in [-0.25, -0.2) is 0 Å². The van der Waals surface area contributed by atoms with Crippen LogP contribution in [0.15, 0.2) is 72.1 Å². The zero-order valence-electron chi connectivity index (χ0n) is 15.8. The van der Waals surface area contributed by atoms with E-state index in [4.69, 9.17) is 4.74 Å². The van der Waals surface area contributed by atoms with Crippen molar-refractivity contribution in [3.63, 3.8) is 0 Å². The van der Waals surface area contributed by atoms with E-state index in [-0.39, 0.29) is 24.5 Å². The third-order valence-electron chi connectivity index (χ3n) is 4.49. The molecule has 1 amide bonds. The number of rotatable bonds is 9. The van der Waals surface area contributed by atoms with Crippen molar-refractivity contribution < 1.29 is 14.3 Å². The Hall–Kier alpha value is -2.92. The van der Waals surface area contributed by atoms with Crippen molar-refractivity contribution in [3.8, 4) is 5.75 Å². The number of hydrogen-bond acceptors (Lipinski definition) is 4. The van der Waals surface area contributed by atoms with E-state index in [1.807, 2.05) is 60.0 Å². The largest absolute Gasteiger partial charge is 0.496 e. The lowest BCUT2D eigenvalue weighted by Crippen LogP contribution is -2.30. The van der Waals surface area contributed by atoms with Gasteiger partial charge in [0.15, 0.2) is 5.78 Å². The van der Waals surface area contributed by atoms with Crippen LogP contribution in [0.4, 0.5) is 0 Å². The predicted molar refractivity (Wildman–Crippen MR) is 112 cm³/mol. The number of Topliss-reactive ketones (excluding diaryl/α,β-unsaturated/α-hetero) is 1. The number of ether oxygens (including phenoxy) is 1. The first-order valence-corrected chi connectivity index (χ1v) is 10.1. The van der Waals surface area contributed by atoms with Gasteiger partial charge in [0.2, 0.25) is 5.91 Å².